The number of nitrogens with zero attached hydrogens (tertiary/aromatic N) is 4. The molecule has 1 rings (SSSR count). The van der Waals surface area contributed by atoms with Crippen molar-refractivity contribution in [3.05, 3.63) is 17.1 Å². The quantitative estimate of drug-likeness (QED) is 0.703. The van der Waals surface area contributed by atoms with E-state index in [1.165, 1.54) is 10.9 Å². The second kappa shape index (κ2) is 6.16. The van der Waals surface area contributed by atoms with Gasteiger partial charge in [0.25, 0.3) is 0 Å². The van der Waals surface area contributed by atoms with Crippen molar-refractivity contribution in [2.75, 3.05) is 0 Å². The largest absolute Gasteiger partial charge is 0.367 e. The first-order valence-corrected chi connectivity index (χ1v) is 4.44. The third-order valence-corrected chi connectivity index (χ3v) is 1.27. The minimum absolute atomic E-state index is 0.234. The summed E-state index contributed by atoms with van der Waals surface area (Å²) in [6, 6.07) is 0. The highest BCUT2D eigenvalue weighted by atomic mass is 16.2. The predicted molar refractivity (Wildman–Crippen MR) is 52.3 cm³/mol. The number of aromatic nitrogens is 4. The van der Waals surface area contributed by atoms with Crippen LogP contribution in [0.1, 0.15) is 27.2 Å². The summed E-state index contributed by atoms with van der Waals surface area (Å²) >= 11 is 0. The molecule has 0 aliphatic heterocycles. The lowest BCUT2D eigenvalue weighted by atomic mass is 10.5. The Bertz CT molecular complexity index is 299. The van der Waals surface area contributed by atoms with Gasteiger partial charge in [-0.05, 0) is 16.8 Å². The van der Waals surface area contributed by atoms with Crippen LogP contribution in [-0.4, -0.2) is 19.8 Å². The molecule has 1 aromatic rings. The van der Waals surface area contributed by atoms with Gasteiger partial charge >= 0.3 is 5.69 Å². The van der Waals surface area contributed by atoms with Crippen molar-refractivity contribution in [1.29, 1.82) is 0 Å². The first-order valence-electron chi connectivity index (χ1n) is 4.44. The van der Waals surface area contributed by atoms with Crippen LogP contribution >= 0.6 is 0 Å². The van der Waals surface area contributed by atoms with E-state index in [9.17, 15) is 4.79 Å². The molecule has 0 aliphatic carbocycles. The highest BCUT2D eigenvalue weighted by Gasteiger charge is 2.00. The number of hydrogen-bond donors (Lipinski definition) is 0. The van der Waals surface area contributed by atoms with Crippen molar-refractivity contribution < 1.29 is 0 Å². The molecule has 0 amide bonds. The standard InChI is InChI=1S/C6H10N4O.C2H6/c1-3-5-10-6(11)9(4-2)7-8-10;1-2/h4H,2-3,5H2,1H3;1-2H3. The van der Waals surface area contributed by atoms with E-state index in [-0.39, 0.29) is 5.69 Å². The van der Waals surface area contributed by atoms with Crippen molar-refractivity contribution in [2.24, 2.45) is 0 Å². The van der Waals surface area contributed by atoms with Crippen molar-refractivity contribution in [2.45, 2.75) is 33.7 Å². The Balaban J connectivity index is 0.000000671. The molecule has 74 valence electrons. The lowest BCUT2D eigenvalue weighted by Crippen LogP contribution is -2.22. The minimum Gasteiger partial charge on any atom is -0.244 e. The van der Waals surface area contributed by atoms with Gasteiger partial charge in [0.15, 0.2) is 0 Å². The second-order valence-corrected chi connectivity index (χ2v) is 2.11. The molecule has 0 fully saturated rings. The Morgan fingerprint density at radius 2 is 2.08 bits per heavy atom. The summed E-state index contributed by atoms with van der Waals surface area (Å²) in [7, 11) is 0. The Morgan fingerprint density at radius 1 is 1.46 bits per heavy atom. The Hall–Kier alpha value is -1.39. The van der Waals surface area contributed by atoms with Crippen LogP contribution in [0.4, 0.5) is 0 Å². The van der Waals surface area contributed by atoms with Crippen LogP contribution in [0.5, 0.6) is 0 Å². The van der Waals surface area contributed by atoms with Gasteiger partial charge in [0.1, 0.15) is 0 Å². The van der Waals surface area contributed by atoms with Crippen LogP contribution < -0.4 is 5.69 Å². The van der Waals surface area contributed by atoms with E-state index in [1.54, 1.807) is 0 Å². The van der Waals surface area contributed by atoms with Gasteiger partial charge < -0.3 is 0 Å². The van der Waals surface area contributed by atoms with E-state index in [2.05, 4.69) is 17.0 Å². The molecule has 0 aromatic carbocycles. The molecule has 0 saturated heterocycles. The van der Waals surface area contributed by atoms with Crippen molar-refractivity contribution in [3.63, 3.8) is 0 Å². The number of hydrogen-bond acceptors (Lipinski definition) is 3. The Labute approximate surface area is 77.7 Å². The summed E-state index contributed by atoms with van der Waals surface area (Å²) in [5, 5.41) is 7.17. The predicted octanol–water partition coefficient (Wildman–Crippen LogP) is 0.977. The summed E-state index contributed by atoms with van der Waals surface area (Å²) in [5.41, 5.74) is -0.234. The van der Waals surface area contributed by atoms with Crippen LogP contribution in [0.25, 0.3) is 6.20 Å². The van der Waals surface area contributed by atoms with Crippen LogP contribution in [0.3, 0.4) is 0 Å². The average molecular weight is 184 g/mol. The first-order chi connectivity index (χ1) is 6.29. The third-order valence-electron chi connectivity index (χ3n) is 1.27. The van der Waals surface area contributed by atoms with Crippen LogP contribution in [0.15, 0.2) is 11.4 Å². The molecule has 0 unspecified atom stereocenters. The average Bonchev–Trinajstić information content (AvgIpc) is 2.52. The molecule has 1 aromatic heterocycles. The zero-order chi connectivity index (χ0) is 10.3. The summed E-state index contributed by atoms with van der Waals surface area (Å²) in [5.74, 6) is 0. The highest BCUT2D eigenvalue weighted by Crippen LogP contribution is 1.79. The molecule has 0 radical (unpaired) electrons. The monoisotopic (exact) mass is 184 g/mol. The van der Waals surface area contributed by atoms with E-state index in [0.29, 0.717) is 6.54 Å². The van der Waals surface area contributed by atoms with Gasteiger partial charge in [-0.3, -0.25) is 0 Å². The SMILES string of the molecule is C=Cn1nnn(CCC)c1=O.CC. The van der Waals surface area contributed by atoms with E-state index < -0.39 is 0 Å². The smallest absolute Gasteiger partial charge is 0.244 e. The normalized spacial score (nSPS) is 8.85. The zero-order valence-corrected chi connectivity index (χ0v) is 8.40. The molecular weight excluding hydrogens is 168 g/mol. The number of aryl methyl sites for hydroxylation is 1. The van der Waals surface area contributed by atoms with Gasteiger partial charge in [-0.2, -0.15) is 9.36 Å². The zero-order valence-electron chi connectivity index (χ0n) is 8.40. The molecule has 13 heavy (non-hydrogen) atoms. The molecule has 0 spiro atoms. The fraction of sp³-hybridized carbons (Fsp3) is 0.625. The van der Waals surface area contributed by atoms with Gasteiger partial charge in [0, 0.05) is 12.7 Å². The van der Waals surface area contributed by atoms with Gasteiger partial charge in [0.05, 0.1) is 0 Å². The minimum atomic E-state index is -0.234. The summed E-state index contributed by atoms with van der Waals surface area (Å²) in [4.78, 5) is 11.1. The Kier molecular flexibility index (Phi) is 5.50. The number of rotatable bonds is 3. The van der Waals surface area contributed by atoms with Gasteiger partial charge in [-0.25, -0.2) is 4.79 Å². The third kappa shape index (κ3) is 2.85. The first kappa shape index (κ1) is 11.6. The maximum atomic E-state index is 11.1. The second-order valence-electron chi connectivity index (χ2n) is 2.11. The fourth-order valence-corrected chi connectivity index (χ4v) is 0.753. The maximum absolute atomic E-state index is 11.1. The molecule has 1 heterocycles. The van der Waals surface area contributed by atoms with E-state index >= 15 is 0 Å². The molecule has 0 atom stereocenters. The lowest BCUT2D eigenvalue weighted by Gasteiger charge is -1.89. The van der Waals surface area contributed by atoms with E-state index in [0.717, 1.165) is 11.1 Å². The molecule has 5 nitrogen and oxygen atoms in total. The molecule has 0 saturated carbocycles. The molecule has 0 bridgehead atoms. The lowest BCUT2D eigenvalue weighted by molar-refractivity contribution is 0.564. The van der Waals surface area contributed by atoms with Gasteiger partial charge in [0.2, 0.25) is 0 Å². The van der Waals surface area contributed by atoms with Gasteiger partial charge in [-0.1, -0.05) is 27.4 Å². The molecule has 0 aliphatic rings. The molecular formula is C8H16N4O. The summed E-state index contributed by atoms with van der Waals surface area (Å²) < 4.78 is 2.41. The maximum Gasteiger partial charge on any atom is 0.367 e. The molecule has 5 heteroatoms. The van der Waals surface area contributed by atoms with Gasteiger partial charge in [-0.15, -0.1) is 0 Å². The van der Waals surface area contributed by atoms with Crippen molar-refractivity contribution in [3.8, 4) is 0 Å². The van der Waals surface area contributed by atoms with Crippen molar-refractivity contribution >= 4 is 6.20 Å². The van der Waals surface area contributed by atoms with Crippen LogP contribution in [-0.2, 0) is 6.54 Å². The van der Waals surface area contributed by atoms with E-state index in [4.69, 9.17) is 0 Å². The Morgan fingerprint density at radius 3 is 2.46 bits per heavy atom. The topological polar surface area (TPSA) is 52.7 Å². The van der Waals surface area contributed by atoms with Crippen LogP contribution in [0, 0.1) is 0 Å². The fourth-order valence-electron chi connectivity index (χ4n) is 0.753. The number of tetrazole rings is 1. The van der Waals surface area contributed by atoms with E-state index in [1.807, 2.05) is 20.8 Å². The van der Waals surface area contributed by atoms with Crippen LogP contribution in [0.2, 0.25) is 0 Å². The highest BCUT2D eigenvalue weighted by molar-refractivity contribution is 5.09. The summed E-state index contributed by atoms with van der Waals surface area (Å²) in [6.07, 6.45) is 2.21. The van der Waals surface area contributed by atoms with Crippen molar-refractivity contribution in [1.82, 2.24) is 19.8 Å². The summed E-state index contributed by atoms with van der Waals surface area (Å²) in [6.45, 7) is 9.99. The molecule has 0 N–H and O–H groups in total.